The highest BCUT2D eigenvalue weighted by atomic mass is 16.3. The Morgan fingerprint density at radius 3 is 2.47 bits per heavy atom. The Morgan fingerprint density at radius 2 is 1.93 bits per heavy atom. The summed E-state index contributed by atoms with van der Waals surface area (Å²) in [7, 11) is 0. The van der Waals surface area contributed by atoms with Crippen molar-refractivity contribution in [2.24, 2.45) is 5.92 Å². The second-order valence-corrected chi connectivity index (χ2v) is 5.28. The molecule has 2 rings (SSSR count). The van der Waals surface area contributed by atoms with Crippen molar-refractivity contribution in [1.82, 2.24) is 10.2 Å². The third-order valence-electron chi connectivity index (χ3n) is 3.50. The largest absolute Gasteiger partial charge is 0.392 e. The molecular weight excluding hydrogens is 188 g/mol. The van der Waals surface area contributed by atoms with E-state index in [0.717, 1.165) is 31.6 Å². The molecule has 15 heavy (non-hydrogen) atoms. The van der Waals surface area contributed by atoms with E-state index in [9.17, 15) is 5.11 Å². The molecule has 3 nitrogen and oxygen atoms in total. The first-order chi connectivity index (χ1) is 7.24. The van der Waals surface area contributed by atoms with Crippen LogP contribution in [0.4, 0.5) is 0 Å². The van der Waals surface area contributed by atoms with E-state index in [2.05, 4.69) is 10.2 Å². The number of nitrogens with zero attached hydrogens (tertiary/aromatic N) is 1. The number of aliphatic hydroxyl groups excluding tert-OH is 1. The summed E-state index contributed by atoms with van der Waals surface area (Å²) >= 11 is 0. The van der Waals surface area contributed by atoms with E-state index in [1.54, 1.807) is 0 Å². The highest BCUT2D eigenvalue weighted by Gasteiger charge is 2.24. The molecular formula is C12H24N2O. The van der Waals surface area contributed by atoms with Gasteiger partial charge in [-0.2, -0.15) is 0 Å². The lowest BCUT2D eigenvalue weighted by Crippen LogP contribution is -2.44. The molecule has 0 bridgehead atoms. The summed E-state index contributed by atoms with van der Waals surface area (Å²) in [5, 5.41) is 13.0. The molecule has 1 aliphatic carbocycles. The zero-order valence-electron chi connectivity index (χ0n) is 9.78. The number of β-amino-alcohol motifs (C(OH)–C–C–N with tert-alkyl or cyclic N) is 1. The third-order valence-corrected chi connectivity index (χ3v) is 3.50. The zero-order chi connectivity index (χ0) is 10.7. The molecule has 2 aliphatic rings. The SMILES string of the molecule is C[C@@H](O)CN1CCC(NCC2CC2)CC1. The summed E-state index contributed by atoms with van der Waals surface area (Å²) in [4.78, 5) is 2.37. The molecule has 1 heterocycles. The van der Waals surface area contributed by atoms with Crippen LogP contribution in [0, 0.1) is 5.92 Å². The van der Waals surface area contributed by atoms with E-state index in [4.69, 9.17) is 0 Å². The average Bonchev–Trinajstić information content (AvgIpc) is 2.99. The summed E-state index contributed by atoms with van der Waals surface area (Å²) in [5.74, 6) is 0.987. The third kappa shape index (κ3) is 4.09. The van der Waals surface area contributed by atoms with Crippen LogP contribution in [0.5, 0.6) is 0 Å². The van der Waals surface area contributed by atoms with Crippen molar-refractivity contribution < 1.29 is 5.11 Å². The Morgan fingerprint density at radius 1 is 1.27 bits per heavy atom. The summed E-state index contributed by atoms with van der Waals surface area (Å²) < 4.78 is 0. The number of nitrogens with one attached hydrogen (secondary N) is 1. The van der Waals surface area contributed by atoms with Crippen LogP contribution in [0.1, 0.15) is 32.6 Å². The maximum atomic E-state index is 9.30. The Kier molecular flexibility index (Phi) is 4.00. The maximum Gasteiger partial charge on any atom is 0.0639 e. The van der Waals surface area contributed by atoms with Gasteiger partial charge in [0, 0.05) is 12.6 Å². The van der Waals surface area contributed by atoms with Crippen LogP contribution < -0.4 is 5.32 Å². The number of hydrogen-bond acceptors (Lipinski definition) is 3. The van der Waals surface area contributed by atoms with E-state index in [1.165, 1.54) is 32.2 Å². The van der Waals surface area contributed by atoms with Crippen LogP contribution in [-0.2, 0) is 0 Å². The second-order valence-electron chi connectivity index (χ2n) is 5.28. The predicted octanol–water partition coefficient (Wildman–Crippen LogP) is 0.831. The van der Waals surface area contributed by atoms with Gasteiger partial charge in [0.2, 0.25) is 0 Å². The Hall–Kier alpha value is -0.120. The van der Waals surface area contributed by atoms with Gasteiger partial charge in [0.15, 0.2) is 0 Å². The molecule has 0 aromatic rings. The number of rotatable bonds is 5. The van der Waals surface area contributed by atoms with Crippen LogP contribution in [0.2, 0.25) is 0 Å². The average molecular weight is 212 g/mol. The molecule has 2 N–H and O–H groups in total. The van der Waals surface area contributed by atoms with Crippen molar-refractivity contribution in [3.05, 3.63) is 0 Å². The first-order valence-electron chi connectivity index (χ1n) is 6.38. The van der Waals surface area contributed by atoms with E-state index < -0.39 is 0 Å². The van der Waals surface area contributed by atoms with Crippen LogP contribution in [0.15, 0.2) is 0 Å². The Balaban J connectivity index is 1.58. The van der Waals surface area contributed by atoms with Gasteiger partial charge >= 0.3 is 0 Å². The molecule has 1 aliphatic heterocycles. The van der Waals surface area contributed by atoms with Gasteiger partial charge in [-0.25, -0.2) is 0 Å². The lowest BCUT2D eigenvalue weighted by atomic mass is 10.0. The van der Waals surface area contributed by atoms with Crippen LogP contribution in [-0.4, -0.2) is 48.3 Å². The molecule has 0 amide bonds. The molecule has 0 radical (unpaired) electrons. The van der Waals surface area contributed by atoms with Crippen molar-refractivity contribution in [3.63, 3.8) is 0 Å². The van der Waals surface area contributed by atoms with Gasteiger partial charge < -0.3 is 15.3 Å². The molecule has 3 heteroatoms. The predicted molar refractivity (Wildman–Crippen MR) is 61.9 cm³/mol. The standard InChI is InChI=1S/C12H24N2O/c1-10(15)9-14-6-4-12(5-7-14)13-8-11-2-3-11/h10-13,15H,2-9H2,1H3/t10-/m1/s1. The first-order valence-corrected chi connectivity index (χ1v) is 6.38. The summed E-state index contributed by atoms with van der Waals surface area (Å²) in [5.41, 5.74) is 0. The normalized spacial score (nSPS) is 26.8. The second kappa shape index (κ2) is 5.28. The molecule has 0 unspecified atom stereocenters. The zero-order valence-corrected chi connectivity index (χ0v) is 9.78. The fourth-order valence-corrected chi connectivity index (χ4v) is 2.35. The van der Waals surface area contributed by atoms with Crippen molar-refractivity contribution in [1.29, 1.82) is 0 Å². The van der Waals surface area contributed by atoms with E-state index in [-0.39, 0.29) is 6.10 Å². The topological polar surface area (TPSA) is 35.5 Å². The van der Waals surface area contributed by atoms with Gasteiger partial charge in [0.25, 0.3) is 0 Å². The monoisotopic (exact) mass is 212 g/mol. The van der Waals surface area contributed by atoms with Crippen LogP contribution in [0.25, 0.3) is 0 Å². The summed E-state index contributed by atoms with van der Waals surface area (Å²) in [6.45, 7) is 6.24. The molecule has 1 saturated heterocycles. The molecule has 88 valence electrons. The van der Waals surface area contributed by atoms with Crippen molar-refractivity contribution in [2.75, 3.05) is 26.2 Å². The number of hydrogen-bond donors (Lipinski definition) is 2. The fraction of sp³-hybridized carbons (Fsp3) is 1.00. The van der Waals surface area contributed by atoms with Gasteiger partial charge in [0.05, 0.1) is 6.10 Å². The van der Waals surface area contributed by atoms with Gasteiger partial charge in [-0.05, 0) is 58.2 Å². The highest BCUT2D eigenvalue weighted by molar-refractivity contribution is 4.82. The minimum absolute atomic E-state index is 0.180. The molecule has 0 aromatic carbocycles. The highest BCUT2D eigenvalue weighted by Crippen LogP contribution is 2.28. The lowest BCUT2D eigenvalue weighted by Gasteiger charge is -2.33. The summed E-state index contributed by atoms with van der Waals surface area (Å²) in [6.07, 6.45) is 5.20. The van der Waals surface area contributed by atoms with Crippen molar-refractivity contribution in [2.45, 2.75) is 44.8 Å². The lowest BCUT2D eigenvalue weighted by molar-refractivity contribution is 0.105. The molecule has 1 saturated carbocycles. The van der Waals surface area contributed by atoms with Gasteiger partial charge in [0.1, 0.15) is 0 Å². The van der Waals surface area contributed by atoms with E-state index in [1.807, 2.05) is 6.92 Å². The Bertz CT molecular complexity index is 184. The molecule has 0 aromatic heterocycles. The molecule has 1 atom stereocenters. The van der Waals surface area contributed by atoms with Crippen LogP contribution >= 0.6 is 0 Å². The van der Waals surface area contributed by atoms with Gasteiger partial charge in [-0.1, -0.05) is 0 Å². The van der Waals surface area contributed by atoms with Gasteiger partial charge in [-0.3, -0.25) is 0 Å². The van der Waals surface area contributed by atoms with Crippen molar-refractivity contribution in [3.8, 4) is 0 Å². The fourth-order valence-electron chi connectivity index (χ4n) is 2.35. The first kappa shape index (κ1) is 11.4. The van der Waals surface area contributed by atoms with Crippen molar-refractivity contribution >= 4 is 0 Å². The Labute approximate surface area is 92.8 Å². The van der Waals surface area contributed by atoms with E-state index >= 15 is 0 Å². The quantitative estimate of drug-likeness (QED) is 0.708. The summed E-state index contributed by atoms with van der Waals surface area (Å²) in [6, 6.07) is 0.732. The maximum absolute atomic E-state index is 9.30. The van der Waals surface area contributed by atoms with Gasteiger partial charge in [-0.15, -0.1) is 0 Å². The number of likely N-dealkylation sites (tertiary alicyclic amines) is 1. The smallest absolute Gasteiger partial charge is 0.0639 e. The number of aliphatic hydroxyl groups is 1. The van der Waals surface area contributed by atoms with E-state index in [0.29, 0.717) is 0 Å². The minimum Gasteiger partial charge on any atom is -0.392 e. The molecule has 0 spiro atoms. The number of piperidine rings is 1. The molecule has 2 fully saturated rings. The van der Waals surface area contributed by atoms with Crippen LogP contribution in [0.3, 0.4) is 0 Å². The minimum atomic E-state index is -0.180.